The number of nitrogens with zero attached hydrogens (tertiary/aromatic N) is 1. The van der Waals surface area contributed by atoms with Crippen LogP contribution >= 0.6 is 0 Å². The summed E-state index contributed by atoms with van der Waals surface area (Å²) < 4.78 is 25.5. The molecule has 0 atom stereocenters. The van der Waals surface area contributed by atoms with Gasteiger partial charge in [-0.15, -0.1) is 0 Å². The van der Waals surface area contributed by atoms with E-state index in [1.54, 1.807) is 6.92 Å². The van der Waals surface area contributed by atoms with Crippen molar-refractivity contribution in [3.63, 3.8) is 0 Å². The highest BCUT2D eigenvalue weighted by atomic mass is 19.3. The summed E-state index contributed by atoms with van der Waals surface area (Å²) in [5.41, 5.74) is -0.168. The molecule has 19 heavy (non-hydrogen) atoms. The Morgan fingerprint density at radius 1 is 1.53 bits per heavy atom. The van der Waals surface area contributed by atoms with Gasteiger partial charge in [0, 0.05) is 6.07 Å². The molecule has 0 aliphatic carbocycles. The molecular weight excluding hydrogens is 262 g/mol. The molecule has 0 radical (unpaired) electrons. The molecule has 2 N–H and O–H groups in total. The smallest absolute Gasteiger partial charge is 0.287 e. The van der Waals surface area contributed by atoms with E-state index in [-0.39, 0.29) is 5.56 Å². The number of alkyl halides is 2. The quantitative estimate of drug-likeness (QED) is 0.624. The second kappa shape index (κ2) is 5.70. The first-order valence-electron chi connectivity index (χ1n) is 5.29. The van der Waals surface area contributed by atoms with Gasteiger partial charge in [-0.25, -0.2) is 8.78 Å². The zero-order chi connectivity index (χ0) is 14.6. The van der Waals surface area contributed by atoms with Crippen molar-refractivity contribution in [3.05, 3.63) is 39.4 Å². The fraction of sp³-hybridized carbons (Fsp3) is 0.364. The number of halogens is 2. The van der Waals surface area contributed by atoms with Crippen LogP contribution in [0.25, 0.3) is 0 Å². The maximum Gasteiger partial charge on any atom is 0.287 e. The number of amides is 1. The van der Waals surface area contributed by atoms with E-state index in [2.05, 4.69) is 0 Å². The van der Waals surface area contributed by atoms with E-state index in [4.69, 9.17) is 5.11 Å². The predicted octanol–water partition coefficient (Wildman–Crippen LogP) is 1.26. The van der Waals surface area contributed by atoms with E-state index in [0.29, 0.717) is 5.56 Å². The Labute approximate surface area is 107 Å². The number of nitro groups is 1. The number of aliphatic hydroxyl groups is 1. The Balaban J connectivity index is 2.93. The minimum absolute atomic E-state index is 0.293. The zero-order valence-electron chi connectivity index (χ0n) is 10.0. The lowest BCUT2D eigenvalue weighted by Gasteiger charge is -2.14. The largest absolute Gasteiger partial charge is 0.390 e. The molecule has 1 amide bonds. The van der Waals surface area contributed by atoms with Gasteiger partial charge in [0.05, 0.1) is 11.5 Å². The van der Waals surface area contributed by atoms with Gasteiger partial charge < -0.3 is 10.4 Å². The van der Waals surface area contributed by atoms with E-state index >= 15 is 0 Å². The Kier molecular flexibility index (Phi) is 4.49. The van der Waals surface area contributed by atoms with Crippen molar-refractivity contribution < 1.29 is 23.6 Å². The molecule has 1 rings (SSSR count). The first kappa shape index (κ1) is 15.0. The van der Waals surface area contributed by atoms with Crippen LogP contribution in [0.3, 0.4) is 0 Å². The van der Waals surface area contributed by atoms with Crippen molar-refractivity contribution in [1.29, 1.82) is 0 Å². The Hall–Kier alpha value is -2.09. The second-order valence-electron chi connectivity index (χ2n) is 3.97. The van der Waals surface area contributed by atoms with Crippen molar-refractivity contribution in [2.75, 3.05) is 13.2 Å². The average molecular weight is 274 g/mol. The summed E-state index contributed by atoms with van der Waals surface area (Å²) in [5, 5.41) is 20.9. The molecule has 104 valence electrons. The zero-order valence-corrected chi connectivity index (χ0v) is 10.0. The molecule has 1 aromatic carbocycles. The van der Waals surface area contributed by atoms with Gasteiger partial charge in [0.25, 0.3) is 17.5 Å². The number of nitrogens with one attached hydrogen (secondary N) is 1. The topological polar surface area (TPSA) is 92.5 Å². The Bertz CT molecular complexity index is 505. The van der Waals surface area contributed by atoms with Crippen LogP contribution in [0.4, 0.5) is 14.5 Å². The van der Waals surface area contributed by atoms with E-state index in [9.17, 15) is 23.7 Å². The molecule has 0 bridgehead atoms. The summed E-state index contributed by atoms with van der Waals surface area (Å²) in [4.78, 5) is 21.6. The highest BCUT2D eigenvalue weighted by Gasteiger charge is 2.29. The van der Waals surface area contributed by atoms with Gasteiger partial charge in [-0.05, 0) is 18.6 Å². The monoisotopic (exact) mass is 274 g/mol. The first-order valence-corrected chi connectivity index (χ1v) is 5.29. The minimum atomic E-state index is -3.46. The number of nitro benzene ring substituents is 1. The van der Waals surface area contributed by atoms with Gasteiger partial charge in [0.2, 0.25) is 0 Å². The van der Waals surface area contributed by atoms with Gasteiger partial charge in [-0.2, -0.15) is 0 Å². The second-order valence-corrected chi connectivity index (χ2v) is 3.97. The summed E-state index contributed by atoms with van der Waals surface area (Å²) in [7, 11) is 0. The molecule has 0 unspecified atom stereocenters. The lowest BCUT2D eigenvalue weighted by atomic mass is 10.1. The Morgan fingerprint density at radius 3 is 2.68 bits per heavy atom. The maximum atomic E-state index is 12.8. The standard InChI is InChI=1S/C11H12F2N2O4/c1-7-2-3-9(15(18)19)8(4-7)10(17)14-5-11(12,13)6-16/h2-4,16H,5-6H2,1H3,(H,14,17). The number of aliphatic hydroxyl groups excluding tert-OH is 1. The number of carbonyl (C=O) groups excluding carboxylic acids is 1. The van der Waals surface area contributed by atoms with Crippen molar-refractivity contribution in [1.82, 2.24) is 5.32 Å². The molecule has 8 heteroatoms. The van der Waals surface area contributed by atoms with Crippen LogP contribution in [0.15, 0.2) is 18.2 Å². The highest BCUT2D eigenvalue weighted by Crippen LogP contribution is 2.20. The SMILES string of the molecule is Cc1ccc([N+](=O)[O-])c(C(=O)NCC(F)(F)CO)c1. The van der Waals surface area contributed by atoms with Gasteiger partial charge in [0.15, 0.2) is 0 Å². The molecule has 0 aliphatic rings. The molecular formula is C11H12F2N2O4. The van der Waals surface area contributed by atoms with Gasteiger partial charge in [-0.3, -0.25) is 14.9 Å². The van der Waals surface area contributed by atoms with Crippen LogP contribution < -0.4 is 5.32 Å². The van der Waals surface area contributed by atoms with E-state index in [1.807, 2.05) is 5.32 Å². The van der Waals surface area contributed by atoms with Gasteiger partial charge >= 0.3 is 0 Å². The van der Waals surface area contributed by atoms with Crippen LogP contribution in [-0.4, -0.2) is 35.0 Å². The van der Waals surface area contributed by atoms with Crippen LogP contribution in [-0.2, 0) is 0 Å². The maximum absolute atomic E-state index is 12.8. The lowest BCUT2D eigenvalue weighted by molar-refractivity contribution is -0.385. The molecule has 0 spiro atoms. The molecule has 0 aromatic heterocycles. The number of carbonyl (C=O) groups is 1. The number of hydrogen-bond acceptors (Lipinski definition) is 4. The summed E-state index contributed by atoms with van der Waals surface area (Å²) in [5.74, 6) is -4.45. The predicted molar refractivity (Wildman–Crippen MR) is 62.2 cm³/mol. The molecule has 0 heterocycles. The van der Waals surface area contributed by atoms with Crippen LogP contribution in [0, 0.1) is 17.0 Å². The highest BCUT2D eigenvalue weighted by molar-refractivity contribution is 5.98. The van der Waals surface area contributed by atoms with Crippen LogP contribution in [0.2, 0.25) is 0 Å². The number of hydrogen-bond donors (Lipinski definition) is 2. The number of benzene rings is 1. The number of aryl methyl sites for hydroxylation is 1. The van der Waals surface area contributed by atoms with E-state index in [0.717, 1.165) is 6.07 Å². The number of rotatable bonds is 5. The third-order valence-electron chi connectivity index (χ3n) is 2.33. The van der Waals surface area contributed by atoms with Crippen molar-refractivity contribution in [3.8, 4) is 0 Å². The normalized spacial score (nSPS) is 11.2. The molecule has 1 aromatic rings. The summed E-state index contributed by atoms with van der Waals surface area (Å²) in [6, 6.07) is 3.82. The van der Waals surface area contributed by atoms with E-state index < -0.39 is 35.6 Å². The summed E-state index contributed by atoms with van der Waals surface area (Å²) >= 11 is 0. The van der Waals surface area contributed by atoms with Gasteiger partial charge in [0.1, 0.15) is 12.2 Å². The third kappa shape index (κ3) is 3.95. The van der Waals surface area contributed by atoms with Crippen molar-refractivity contribution in [2.24, 2.45) is 0 Å². The van der Waals surface area contributed by atoms with Crippen LogP contribution in [0.5, 0.6) is 0 Å². The van der Waals surface area contributed by atoms with Gasteiger partial charge in [-0.1, -0.05) is 6.07 Å². The molecule has 0 aliphatic heterocycles. The third-order valence-corrected chi connectivity index (χ3v) is 2.33. The lowest BCUT2D eigenvalue weighted by Crippen LogP contribution is -2.39. The summed E-state index contributed by atoms with van der Waals surface area (Å²) in [6.45, 7) is -0.889. The fourth-order valence-corrected chi connectivity index (χ4v) is 1.35. The molecule has 6 nitrogen and oxygen atoms in total. The molecule has 0 saturated carbocycles. The average Bonchev–Trinajstić information content (AvgIpc) is 2.35. The summed E-state index contributed by atoms with van der Waals surface area (Å²) in [6.07, 6.45) is 0. The minimum Gasteiger partial charge on any atom is -0.390 e. The van der Waals surface area contributed by atoms with Crippen molar-refractivity contribution in [2.45, 2.75) is 12.8 Å². The Morgan fingerprint density at radius 2 is 2.16 bits per heavy atom. The molecule has 0 saturated heterocycles. The van der Waals surface area contributed by atoms with Crippen molar-refractivity contribution >= 4 is 11.6 Å². The molecule has 0 fully saturated rings. The van der Waals surface area contributed by atoms with Crippen LogP contribution in [0.1, 0.15) is 15.9 Å². The fourth-order valence-electron chi connectivity index (χ4n) is 1.35. The van der Waals surface area contributed by atoms with E-state index in [1.165, 1.54) is 12.1 Å². The first-order chi connectivity index (χ1) is 8.76.